The maximum Gasteiger partial charge on any atom is 0.135 e. The molecule has 0 saturated carbocycles. The van der Waals surface area contributed by atoms with Gasteiger partial charge in [0.1, 0.15) is 11.6 Å². The first-order valence-electron chi connectivity index (χ1n) is 4.26. The van der Waals surface area contributed by atoms with Crippen molar-refractivity contribution in [1.29, 1.82) is 0 Å². The van der Waals surface area contributed by atoms with Crippen LogP contribution in [0.2, 0.25) is 0 Å². The summed E-state index contributed by atoms with van der Waals surface area (Å²) in [4.78, 5) is 0. The first-order chi connectivity index (χ1) is 6.65. The molecule has 0 aliphatic carbocycles. The Morgan fingerprint density at radius 2 is 2.00 bits per heavy atom. The van der Waals surface area contributed by atoms with Crippen molar-refractivity contribution in [2.24, 2.45) is 5.73 Å². The normalized spacial score (nSPS) is 11.1. The Kier molecular flexibility index (Phi) is 3.59. The van der Waals surface area contributed by atoms with E-state index >= 15 is 0 Å². The molecule has 0 aliphatic rings. The Morgan fingerprint density at radius 3 is 2.57 bits per heavy atom. The number of nitrogens with two attached hydrogens (primary N) is 2. The lowest BCUT2D eigenvalue weighted by molar-refractivity contribution is 0.583. The maximum atomic E-state index is 13.1. The van der Waals surface area contributed by atoms with Gasteiger partial charge in [0.15, 0.2) is 0 Å². The van der Waals surface area contributed by atoms with E-state index in [-0.39, 0.29) is 11.3 Å². The van der Waals surface area contributed by atoms with Crippen LogP contribution in [0, 0.1) is 11.6 Å². The highest BCUT2D eigenvalue weighted by Crippen LogP contribution is 2.19. The molecule has 2 nitrogen and oxygen atoms in total. The zero-order valence-corrected chi connectivity index (χ0v) is 7.63. The van der Waals surface area contributed by atoms with Gasteiger partial charge >= 0.3 is 0 Å². The number of hydrogen-bond donors (Lipinski definition) is 2. The van der Waals surface area contributed by atoms with Gasteiger partial charge in [-0.25, -0.2) is 8.78 Å². The molecular weight excluding hydrogens is 186 g/mol. The zero-order chi connectivity index (χ0) is 10.6. The van der Waals surface area contributed by atoms with E-state index in [0.29, 0.717) is 13.0 Å². The minimum absolute atomic E-state index is 0.0933. The van der Waals surface area contributed by atoms with E-state index in [1.54, 1.807) is 6.08 Å². The predicted octanol–water partition coefficient (Wildman–Crippen LogP) is 1.91. The van der Waals surface area contributed by atoms with Crippen molar-refractivity contribution in [3.63, 3.8) is 0 Å². The highest BCUT2D eigenvalue weighted by molar-refractivity contribution is 5.64. The van der Waals surface area contributed by atoms with Crippen LogP contribution in [-0.4, -0.2) is 6.54 Å². The van der Waals surface area contributed by atoms with Gasteiger partial charge in [0.2, 0.25) is 0 Å². The van der Waals surface area contributed by atoms with Crippen LogP contribution < -0.4 is 11.5 Å². The first kappa shape index (κ1) is 10.7. The molecule has 0 bridgehead atoms. The fourth-order valence-electron chi connectivity index (χ4n) is 1.08. The Labute approximate surface area is 81.2 Å². The van der Waals surface area contributed by atoms with Crippen molar-refractivity contribution >= 4 is 11.8 Å². The van der Waals surface area contributed by atoms with Crippen molar-refractivity contribution in [3.8, 4) is 0 Å². The molecule has 0 aliphatic heterocycles. The summed E-state index contributed by atoms with van der Waals surface area (Å²) in [5.41, 5.74) is 11.0. The van der Waals surface area contributed by atoms with Gasteiger partial charge in [0, 0.05) is 17.3 Å². The Hall–Kier alpha value is -1.42. The molecule has 0 heterocycles. The van der Waals surface area contributed by atoms with Gasteiger partial charge < -0.3 is 11.5 Å². The van der Waals surface area contributed by atoms with Crippen LogP contribution in [0.5, 0.6) is 0 Å². The summed E-state index contributed by atoms with van der Waals surface area (Å²) in [5.74, 6) is -1.33. The standard InChI is InChI=1S/C10H12F2N2/c11-7-5-9(12)8(10(14)6-7)3-1-2-4-13/h1,3,5-6H,2,4,13-14H2. The third kappa shape index (κ3) is 2.53. The minimum atomic E-state index is -0.670. The van der Waals surface area contributed by atoms with E-state index in [0.717, 1.165) is 12.1 Å². The molecule has 4 N–H and O–H groups in total. The number of halogens is 2. The molecule has 14 heavy (non-hydrogen) atoms. The van der Waals surface area contributed by atoms with Gasteiger partial charge in [-0.3, -0.25) is 0 Å². The Balaban J connectivity index is 2.96. The molecule has 1 aromatic rings. The molecule has 0 aromatic heterocycles. The third-order valence-corrected chi connectivity index (χ3v) is 1.74. The molecule has 0 fully saturated rings. The summed E-state index contributed by atoms with van der Waals surface area (Å²) >= 11 is 0. The van der Waals surface area contributed by atoms with E-state index in [4.69, 9.17) is 11.5 Å². The molecule has 4 heteroatoms. The maximum absolute atomic E-state index is 13.1. The summed E-state index contributed by atoms with van der Waals surface area (Å²) in [6.07, 6.45) is 3.85. The van der Waals surface area contributed by atoms with E-state index in [1.807, 2.05) is 0 Å². The van der Waals surface area contributed by atoms with Gasteiger partial charge in [-0.2, -0.15) is 0 Å². The van der Waals surface area contributed by atoms with Crippen LogP contribution in [0.1, 0.15) is 12.0 Å². The van der Waals surface area contributed by atoms with Crippen LogP contribution in [-0.2, 0) is 0 Å². The SMILES string of the molecule is NCCC=Cc1c(N)cc(F)cc1F. The molecule has 76 valence electrons. The molecule has 0 spiro atoms. The van der Waals surface area contributed by atoms with Crippen LogP contribution in [0.25, 0.3) is 6.08 Å². The second-order valence-electron chi connectivity index (χ2n) is 2.87. The molecule has 0 atom stereocenters. The number of hydrogen-bond acceptors (Lipinski definition) is 2. The van der Waals surface area contributed by atoms with E-state index in [9.17, 15) is 8.78 Å². The average molecular weight is 198 g/mol. The minimum Gasteiger partial charge on any atom is -0.398 e. The van der Waals surface area contributed by atoms with Gasteiger partial charge in [0.25, 0.3) is 0 Å². The van der Waals surface area contributed by atoms with Gasteiger partial charge in [0.05, 0.1) is 0 Å². The van der Waals surface area contributed by atoms with Crippen molar-refractivity contribution in [2.45, 2.75) is 6.42 Å². The quantitative estimate of drug-likeness (QED) is 0.729. The Bertz CT molecular complexity index is 325. The lowest BCUT2D eigenvalue weighted by Crippen LogP contribution is -1.97. The van der Waals surface area contributed by atoms with Crippen molar-refractivity contribution < 1.29 is 8.78 Å². The fourth-order valence-corrected chi connectivity index (χ4v) is 1.08. The van der Waals surface area contributed by atoms with E-state index in [1.165, 1.54) is 6.08 Å². The molecule has 1 aromatic carbocycles. The lowest BCUT2D eigenvalue weighted by Gasteiger charge is -2.02. The fraction of sp³-hybridized carbons (Fsp3) is 0.200. The second kappa shape index (κ2) is 4.72. The second-order valence-corrected chi connectivity index (χ2v) is 2.87. The summed E-state index contributed by atoms with van der Waals surface area (Å²) in [7, 11) is 0. The highest BCUT2D eigenvalue weighted by Gasteiger charge is 2.05. The van der Waals surface area contributed by atoms with Crippen LogP contribution >= 0.6 is 0 Å². The van der Waals surface area contributed by atoms with Crippen LogP contribution in [0.15, 0.2) is 18.2 Å². The van der Waals surface area contributed by atoms with E-state index < -0.39 is 11.6 Å². The summed E-state index contributed by atoms with van der Waals surface area (Å²) in [6, 6.07) is 1.89. The van der Waals surface area contributed by atoms with Crippen LogP contribution in [0.3, 0.4) is 0 Å². The molecular formula is C10H12F2N2. The predicted molar refractivity (Wildman–Crippen MR) is 53.5 cm³/mol. The molecule has 0 radical (unpaired) electrons. The third-order valence-electron chi connectivity index (χ3n) is 1.74. The topological polar surface area (TPSA) is 52.0 Å². The first-order valence-corrected chi connectivity index (χ1v) is 4.26. The van der Waals surface area contributed by atoms with Crippen LogP contribution in [0.4, 0.5) is 14.5 Å². The average Bonchev–Trinajstić information content (AvgIpc) is 2.09. The molecule has 0 unspecified atom stereocenters. The summed E-state index contributed by atoms with van der Waals surface area (Å²) < 4.78 is 25.8. The number of rotatable bonds is 3. The lowest BCUT2D eigenvalue weighted by atomic mass is 10.1. The van der Waals surface area contributed by atoms with E-state index in [2.05, 4.69) is 0 Å². The molecule has 1 rings (SSSR count). The van der Waals surface area contributed by atoms with Crippen molar-refractivity contribution in [3.05, 3.63) is 35.4 Å². The smallest absolute Gasteiger partial charge is 0.135 e. The number of anilines is 1. The zero-order valence-electron chi connectivity index (χ0n) is 7.63. The van der Waals surface area contributed by atoms with Crippen molar-refractivity contribution in [2.75, 3.05) is 12.3 Å². The monoisotopic (exact) mass is 198 g/mol. The van der Waals surface area contributed by atoms with Crippen molar-refractivity contribution in [1.82, 2.24) is 0 Å². The summed E-state index contributed by atoms with van der Waals surface area (Å²) in [5, 5.41) is 0. The van der Waals surface area contributed by atoms with Gasteiger partial charge in [-0.1, -0.05) is 12.2 Å². The summed E-state index contributed by atoms with van der Waals surface area (Å²) in [6.45, 7) is 0.485. The van der Waals surface area contributed by atoms with Gasteiger partial charge in [-0.15, -0.1) is 0 Å². The largest absolute Gasteiger partial charge is 0.398 e. The molecule has 0 amide bonds. The Morgan fingerprint density at radius 1 is 1.29 bits per heavy atom. The number of nitrogen functional groups attached to an aromatic ring is 1. The molecule has 0 saturated heterocycles. The number of benzene rings is 1. The van der Waals surface area contributed by atoms with Gasteiger partial charge in [-0.05, 0) is 19.0 Å². The highest BCUT2D eigenvalue weighted by atomic mass is 19.1.